The van der Waals surface area contributed by atoms with E-state index in [0.717, 1.165) is 5.75 Å². The highest BCUT2D eigenvalue weighted by molar-refractivity contribution is 5.99. The highest BCUT2D eigenvalue weighted by atomic mass is 16.5. The van der Waals surface area contributed by atoms with Crippen LogP contribution in [0.2, 0.25) is 0 Å². The van der Waals surface area contributed by atoms with E-state index in [-0.39, 0.29) is 5.78 Å². The van der Waals surface area contributed by atoms with Crippen LogP contribution in [0, 0.1) is 17.2 Å². The molecular formula is C12H13NO2. The van der Waals surface area contributed by atoms with Gasteiger partial charge in [0.25, 0.3) is 0 Å². The first kappa shape index (κ1) is 11.3. The Hall–Kier alpha value is -1.82. The van der Waals surface area contributed by atoms with Crippen molar-refractivity contribution >= 4 is 5.78 Å². The fraction of sp³-hybridized carbons (Fsp3) is 0.333. The van der Waals surface area contributed by atoms with Crippen molar-refractivity contribution in [2.24, 2.45) is 5.92 Å². The molecule has 0 N–H and O–H groups in total. The highest BCUT2D eigenvalue weighted by Gasteiger charge is 2.13. The molecule has 0 aliphatic rings. The molecule has 1 aromatic rings. The Morgan fingerprint density at radius 1 is 1.47 bits per heavy atom. The van der Waals surface area contributed by atoms with E-state index < -0.39 is 5.92 Å². The second-order valence-corrected chi connectivity index (χ2v) is 3.17. The van der Waals surface area contributed by atoms with Crippen molar-refractivity contribution in [3.05, 3.63) is 29.8 Å². The predicted octanol–water partition coefficient (Wildman–Crippen LogP) is 2.43. The molecule has 0 amide bonds. The zero-order valence-corrected chi connectivity index (χ0v) is 8.86. The molecule has 0 heterocycles. The third kappa shape index (κ3) is 2.81. The average Bonchev–Trinajstić information content (AvgIpc) is 2.28. The Morgan fingerprint density at radius 2 is 2.07 bits per heavy atom. The van der Waals surface area contributed by atoms with Crippen LogP contribution in [-0.4, -0.2) is 12.4 Å². The van der Waals surface area contributed by atoms with Crippen LogP contribution in [0.3, 0.4) is 0 Å². The van der Waals surface area contributed by atoms with Crippen molar-refractivity contribution in [2.45, 2.75) is 13.8 Å². The standard InChI is InChI=1S/C12H13NO2/c1-3-15-11-6-4-10(5-7-11)12(14)9(2)8-13/h4-7,9H,3H2,1-2H3. The average molecular weight is 203 g/mol. The molecule has 1 atom stereocenters. The summed E-state index contributed by atoms with van der Waals surface area (Å²) >= 11 is 0. The molecule has 0 fully saturated rings. The van der Waals surface area contributed by atoms with E-state index in [9.17, 15) is 4.79 Å². The maximum absolute atomic E-state index is 11.6. The molecule has 15 heavy (non-hydrogen) atoms. The first-order chi connectivity index (χ1) is 7.19. The lowest BCUT2D eigenvalue weighted by Crippen LogP contribution is -2.08. The molecule has 0 saturated heterocycles. The largest absolute Gasteiger partial charge is 0.494 e. The lowest BCUT2D eigenvalue weighted by atomic mass is 10.0. The minimum Gasteiger partial charge on any atom is -0.494 e. The van der Waals surface area contributed by atoms with E-state index >= 15 is 0 Å². The van der Waals surface area contributed by atoms with Crippen LogP contribution in [0.15, 0.2) is 24.3 Å². The number of ketones is 1. The molecule has 1 unspecified atom stereocenters. The first-order valence-electron chi connectivity index (χ1n) is 4.85. The highest BCUT2D eigenvalue weighted by Crippen LogP contribution is 2.14. The maximum atomic E-state index is 11.6. The molecule has 0 spiro atoms. The lowest BCUT2D eigenvalue weighted by Gasteiger charge is -2.05. The van der Waals surface area contributed by atoms with E-state index in [2.05, 4.69) is 0 Å². The van der Waals surface area contributed by atoms with E-state index in [1.54, 1.807) is 31.2 Å². The van der Waals surface area contributed by atoms with Gasteiger partial charge in [-0.2, -0.15) is 5.26 Å². The number of hydrogen-bond donors (Lipinski definition) is 0. The lowest BCUT2D eigenvalue weighted by molar-refractivity contribution is 0.0956. The van der Waals surface area contributed by atoms with Crippen molar-refractivity contribution < 1.29 is 9.53 Å². The van der Waals surface area contributed by atoms with Crippen molar-refractivity contribution in [1.82, 2.24) is 0 Å². The van der Waals surface area contributed by atoms with Gasteiger partial charge in [0.05, 0.1) is 12.7 Å². The zero-order chi connectivity index (χ0) is 11.3. The molecule has 78 valence electrons. The fourth-order valence-corrected chi connectivity index (χ4v) is 1.19. The summed E-state index contributed by atoms with van der Waals surface area (Å²) in [6.45, 7) is 4.09. The van der Waals surface area contributed by atoms with E-state index in [4.69, 9.17) is 10.00 Å². The number of benzene rings is 1. The minimum atomic E-state index is -0.594. The van der Waals surface area contributed by atoms with Gasteiger partial charge in [0.2, 0.25) is 0 Å². The summed E-state index contributed by atoms with van der Waals surface area (Å²) in [7, 11) is 0. The van der Waals surface area contributed by atoms with E-state index in [0.29, 0.717) is 12.2 Å². The van der Waals surface area contributed by atoms with E-state index in [1.807, 2.05) is 13.0 Å². The van der Waals surface area contributed by atoms with Crippen LogP contribution in [0.25, 0.3) is 0 Å². The Bertz CT molecular complexity index is 376. The van der Waals surface area contributed by atoms with Gasteiger partial charge in [-0.1, -0.05) is 0 Å². The summed E-state index contributed by atoms with van der Waals surface area (Å²) in [6, 6.07) is 8.76. The number of ether oxygens (including phenoxy) is 1. The third-order valence-corrected chi connectivity index (χ3v) is 2.04. The van der Waals surface area contributed by atoms with Crippen LogP contribution < -0.4 is 4.74 Å². The van der Waals surface area contributed by atoms with Gasteiger partial charge >= 0.3 is 0 Å². The number of hydrogen-bond acceptors (Lipinski definition) is 3. The molecule has 0 saturated carbocycles. The minimum absolute atomic E-state index is 0.152. The van der Waals surface area contributed by atoms with Gasteiger partial charge in [0, 0.05) is 5.56 Å². The number of nitrogens with zero attached hydrogens (tertiary/aromatic N) is 1. The number of rotatable bonds is 4. The molecule has 3 heteroatoms. The van der Waals surface area contributed by atoms with Gasteiger partial charge in [-0.15, -0.1) is 0 Å². The Balaban J connectivity index is 2.81. The molecule has 1 aromatic carbocycles. The molecule has 0 bridgehead atoms. The van der Waals surface area contributed by atoms with Gasteiger partial charge in [0.1, 0.15) is 11.7 Å². The molecule has 0 aromatic heterocycles. The number of carbonyl (C=O) groups is 1. The Kier molecular flexibility index (Phi) is 3.87. The van der Waals surface area contributed by atoms with E-state index in [1.165, 1.54) is 0 Å². The molecule has 0 radical (unpaired) electrons. The van der Waals surface area contributed by atoms with Crippen LogP contribution in [0.5, 0.6) is 5.75 Å². The number of carbonyl (C=O) groups excluding carboxylic acids is 1. The SMILES string of the molecule is CCOc1ccc(C(=O)C(C)C#N)cc1. The van der Waals surface area contributed by atoms with Crippen LogP contribution in [0.1, 0.15) is 24.2 Å². The first-order valence-corrected chi connectivity index (χ1v) is 4.85. The Labute approximate surface area is 89.3 Å². The van der Waals surface area contributed by atoms with Crippen LogP contribution in [-0.2, 0) is 0 Å². The topological polar surface area (TPSA) is 50.1 Å². The monoisotopic (exact) mass is 203 g/mol. The molecule has 0 aliphatic heterocycles. The maximum Gasteiger partial charge on any atom is 0.179 e. The molecular weight excluding hydrogens is 190 g/mol. The summed E-state index contributed by atoms with van der Waals surface area (Å²) in [5, 5.41) is 8.61. The van der Waals surface area contributed by atoms with Crippen LogP contribution >= 0.6 is 0 Å². The summed E-state index contributed by atoms with van der Waals surface area (Å²) in [6.07, 6.45) is 0. The second kappa shape index (κ2) is 5.16. The summed E-state index contributed by atoms with van der Waals surface area (Å²) < 4.78 is 5.25. The normalized spacial score (nSPS) is 11.5. The van der Waals surface area contributed by atoms with Gasteiger partial charge in [-0.25, -0.2) is 0 Å². The van der Waals surface area contributed by atoms with Gasteiger partial charge in [-0.3, -0.25) is 4.79 Å². The summed E-state index contributed by atoms with van der Waals surface area (Å²) in [4.78, 5) is 11.6. The van der Waals surface area contributed by atoms with Crippen molar-refractivity contribution in [3.8, 4) is 11.8 Å². The smallest absolute Gasteiger partial charge is 0.179 e. The molecule has 3 nitrogen and oxygen atoms in total. The number of nitriles is 1. The van der Waals surface area contributed by atoms with Crippen molar-refractivity contribution in [1.29, 1.82) is 5.26 Å². The molecule has 0 aliphatic carbocycles. The second-order valence-electron chi connectivity index (χ2n) is 3.17. The Morgan fingerprint density at radius 3 is 2.53 bits per heavy atom. The molecule has 1 rings (SSSR count). The fourth-order valence-electron chi connectivity index (χ4n) is 1.19. The summed E-state index contributed by atoms with van der Waals surface area (Å²) in [5.41, 5.74) is 0.549. The van der Waals surface area contributed by atoms with Gasteiger partial charge in [-0.05, 0) is 38.1 Å². The van der Waals surface area contributed by atoms with Crippen molar-refractivity contribution in [3.63, 3.8) is 0 Å². The quantitative estimate of drug-likeness (QED) is 0.706. The van der Waals surface area contributed by atoms with Gasteiger partial charge < -0.3 is 4.74 Å². The number of Topliss-reactive ketones (excluding diaryl/α,β-unsaturated/α-hetero) is 1. The van der Waals surface area contributed by atoms with Crippen molar-refractivity contribution in [2.75, 3.05) is 6.61 Å². The van der Waals surface area contributed by atoms with Crippen LogP contribution in [0.4, 0.5) is 0 Å². The van der Waals surface area contributed by atoms with Gasteiger partial charge in [0.15, 0.2) is 5.78 Å². The predicted molar refractivity (Wildman–Crippen MR) is 56.7 cm³/mol. The summed E-state index contributed by atoms with van der Waals surface area (Å²) in [5.74, 6) is -0.0119. The zero-order valence-electron chi connectivity index (χ0n) is 8.86. The third-order valence-electron chi connectivity index (χ3n) is 2.04.